The molecule has 4 aromatic rings. The Bertz CT molecular complexity index is 1900. The van der Waals surface area contributed by atoms with Crippen molar-refractivity contribution in [3.63, 3.8) is 0 Å². The molecule has 0 saturated carbocycles. The Morgan fingerprint density at radius 2 is 1.54 bits per heavy atom. The van der Waals surface area contributed by atoms with E-state index in [1.807, 2.05) is 54.6 Å². The van der Waals surface area contributed by atoms with Crippen molar-refractivity contribution < 1.29 is 29.0 Å². The molecule has 2 amide bonds. The minimum Gasteiger partial charge on any atom is -0.507 e. The average molecular weight is 681 g/mol. The van der Waals surface area contributed by atoms with E-state index in [0.29, 0.717) is 75.4 Å². The van der Waals surface area contributed by atoms with Crippen LogP contribution < -0.4 is 10.5 Å². The van der Waals surface area contributed by atoms with E-state index in [0.717, 1.165) is 27.7 Å². The summed E-state index contributed by atoms with van der Waals surface area (Å²) in [6.45, 7) is 8.52. The molecule has 11 nitrogen and oxygen atoms in total. The normalized spacial score (nSPS) is 15.9. The molecular formula is C39H44N4O7. The third-order valence-corrected chi connectivity index (χ3v) is 9.80. The number of carbonyl (C=O) groups excluding carboxylic acids is 3. The van der Waals surface area contributed by atoms with Gasteiger partial charge in [0, 0.05) is 62.5 Å². The molecule has 1 aromatic heterocycles. The second-order valence-electron chi connectivity index (χ2n) is 13.1. The van der Waals surface area contributed by atoms with Crippen LogP contribution >= 0.6 is 0 Å². The Hall–Kier alpha value is -5.32. The zero-order chi connectivity index (χ0) is 35.4. The van der Waals surface area contributed by atoms with Crippen LogP contribution in [0.15, 0.2) is 71.5 Å². The number of ether oxygens (including phenoxy) is 2. The molecule has 0 unspecified atom stereocenters. The van der Waals surface area contributed by atoms with Crippen LogP contribution in [-0.2, 0) is 20.7 Å². The summed E-state index contributed by atoms with van der Waals surface area (Å²) in [6.07, 6.45) is -0.225. The molecule has 0 aliphatic carbocycles. The van der Waals surface area contributed by atoms with E-state index < -0.39 is 12.2 Å². The van der Waals surface area contributed by atoms with Gasteiger partial charge in [-0.3, -0.25) is 9.59 Å². The minimum absolute atomic E-state index is 0.00504. The Morgan fingerprint density at radius 1 is 0.880 bits per heavy atom. The van der Waals surface area contributed by atoms with Crippen molar-refractivity contribution in [3.05, 3.63) is 105 Å². The van der Waals surface area contributed by atoms with Crippen LogP contribution in [0.4, 0.5) is 10.5 Å². The number of piperidine rings is 1. The number of piperazine rings is 1. The SMILES string of the molecule is CCOC(=O)c1ccc(N2CCN(C(=O)[C@@H](Cc3cc(C)c(O)c(C)c3)OC(=O)N3CCC(c4cc5ccccc5[nH]c4=O)CC3)CC2)cc1. The van der Waals surface area contributed by atoms with Crippen LogP contribution in [0.5, 0.6) is 5.75 Å². The lowest BCUT2D eigenvalue weighted by Gasteiger charge is -2.38. The van der Waals surface area contributed by atoms with Gasteiger partial charge in [-0.05, 0) is 98.0 Å². The molecule has 0 bridgehead atoms. The number of phenolic OH excluding ortho intramolecular Hbond substituents is 1. The maximum Gasteiger partial charge on any atom is 0.410 e. The number of H-pyrrole nitrogens is 1. The fraction of sp³-hybridized carbons (Fsp3) is 0.385. The van der Waals surface area contributed by atoms with E-state index in [1.165, 1.54) is 0 Å². The van der Waals surface area contributed by atoms with Gasteiger partial charge in [0.15, 0.2) is 6.10 Å². The van der Waals surface area contributed by atoms with Crippen LogP contribution in [0.3, 0.4) is 0 Å². The second kappa shape index (κ2) is 15.1. The van der Waals surface area contributed by atoms with Crippen molar-refractivity contribution in [2.45, 2.75) is 52.1 Å². The van der Waals surface area contributed by atoms with Crippen molar-refractivity contribution in [1.82, 2.24) is 14.8 Å². The number of esters is 1. The largest absolute Gasteiger partial charge is 0.507 e. The van der Waals surface area contributed by atoms with E-state index in [4.69, 9.17) is 9.47 Å². The van der Waals surface area contributed by atoms with Gasteiger partial charge in [0.05, 0.1) is 12.2 Å². The molecule has 262 valence electrons. The number of nitrogens with one attached hydrogen (secondary N) is 1. The van der Waals surface area contributed by atoms with E-state index >= 15 is 0 Å². The first-order chi connectivity index (χ1) is 24.1. The van der Waals surface area contributed by atoms with Gasteiger partial charge < -0.3 is 34.3 Å². The Morgan fingerprint density at radius 3 is 2.20 bits per heavy atom. The maximum atomic E-state index is 14.0. The van der Waals surface area contributed by atoms with Gasteiger partial charge in [-0.1, -0.05) is 30.3 Å². The molecule has 11 heteroatoms. The average Bonchev–Trinajstić information content (AvgIpc) is 3.13. The van der Waals surface area contributed by atoms with Crippen LogP contribution in [0.2, 0.25) is 0 Å². The van der Waals surface area contributed by atoms with E-state index in [1.54, 1.807) is 42.7 Å². The number of nitrogens with zero attached hydrogens (tertiary/aromatic N) is 3. The Kier molecular flexibility index (Phi) is 10.4. The highest BCUT2D eigenvalue weighted by molar-refractivity contribution is 5.90. The number of aromatic nitrogens is 1. The fourth-order valence-electron chi connectivity index (χ4n) is 7.01. The van der Waals surface area contributed by atoms with Gasteiger partial charge in [-0.2, -0.15) is 0 Å². The van der Waals surface area contributed by atoms with Crippen LogP contribution in [-0.4, -0.2) is 89.8 Å². The number of aromatic amines is 1. The zero-order valence-corrected chi connectivity index (χ0v) is 28.8. The molecular weight excluding hydrogens is 636 g/mol. The molecule has 2 aliphatic rings. The van der Waals surface area contributed by atoms with Crippen molar-refractivity contribution in [3.8, 4) is 5.75 Å². The predicted octanol–water partition coefficient (Wildman–Crippen LogP) is 5.30. The van der Waals surface area contributed by atoms with Gasteiger partial charge in [0.1, 0.15) is 5.75 Å². The molecule has 50 heavy (non-hydrogen) atoms. The lowest BCUT2D eigenvalue weighted by atomic mass is 9.89. The summed E-state index contributed by atoms with van der Waals surface area (Å²) in [5.74, 6) is -0.422. The number of anilines is 1. The Balaban J connectivity index is 1.12. The number of pyridine rings is 1. The third-order valence-electron chi connectivity index (χ3n) is 9.80. The smallest absolute Gasteiger partial charge is 0.410 e. The lowest BCUT2D eigenvalue weighted by Crippen LogP contribution is -2.53. The molecule has 2 saturated heterocycles. The molecule has 2 N–H and O–H groups in total. The van der Waals surface area contributed by atoms with E-state index in [-0.39, 0.29) is 35.5 Å². The van der Waals surface area contributed by atoms with Gasteiger partial charge in [-0.15, -0.1) is 0 Å². The van der Waals surface area contributed by atoms with Crippen molar-refractivity contribution >= 4 is 34.6 Å². The first kappa shape index (κ1) is 34.5. The highest BCUT2D eigenvalue weighted by atomic mass is 16.6. The van der Waals surface area contributed by atoms with Crippen molar-refractivity contribution in [1.29, 1.82) is 0 Å². The number of phenols is 1. The highest BCUT2D eigenvalue weighted by Gasteiger charge is 2.34. The van der Waals surface area contributed by atoms with Crippen LogP contribution in [0, 0.1) is 13.8 Å². The monoisotopic (exact) mass is 680 g/mol. The maximum absolute atomic E-state index is 14.0. The molecule has 0 radical (unpaired) electrons. The van der Waals surface area contributed by atoms with E-state index in [2.05, 4.69) is 9.88 Å². The summed E-state index contributed by atoms with van der Waals surface area (Å²) in [5, 5.41) is 11.3. The number of hydrogen-bond acceptors (Lipinski definition) is 8. The summed E-state index contributed by atoms with van der Waals surface area (Å²) >= 11 is 0. The summed E-state index contributed by atoms with van der Waals surface area (Å²) in [7, 11) is 0. The topological polar surface area (TPSA) is 132 Å². The number of amides is 2. The standard InChI is InChI=1S/C39H44N4O7/c1-4-49-38(47)29-9-11-31(12-10-29)41-17-19-42(20-18-41)37(46)34(23-27-21-25(2)35(44)26(3)22-27)50-39(48)43-15-13-28(14-16-43)32-24-30-7-5-6-8-33(30)40-36(32)45/h5-12,21-22,24,28,34,44H,4,13-20,23H2,1-3H3,(H,40,45)/t34-/m1/s1. The molecule has 1 atom stereocenters. The van der Waals surface area contributed by atoms with E-state index in [9.17, 15) is 24.3 Å². The summed E-state index contributed by atoms with van der Waals surface area (Å²) in [5.41, 5.74) is 5.00. The van der Waals surface area contributed by atoms with Crippen LogP contribution in [0.25, 0.3) is 10.9 Å². The number of para-hydroxylation sites is 1. The fourth-order valence-corrected chi connectivity index (χ4v) is 7.01. The second-order valence-corrected chi connectivity index (χ2v) is 13.1. The first-order valence-electron chi connectivity index (χ1n) is 17.3. The van der Waals surface area contributed by atoms with Gasteiger partial charge in [0.25, 0.3) is 11.5 Å². The minimum atomic E-state index is -1.05. The third kappa shape index (κ3) is 7.61. The van der Waals surface area contributed by atoms with Crippen molar-refractivity contribution in [2.24, 2.45) is 0 Å². The van der Waals surface area contributed by atoms with Gasteiger partial charge in [0.2, 0.25) is 0 Å². The number of aromatic hydroxyl groups is 1. The Labute approximate surface area is 291 Å². The molecule has 3 heterocycles. The zero-order valence-electron chi connectivity index (χ0n) is 28.8. The molecule has 2 fully saturated rings. The number of carbonyl (C=O) groups is 3. The summed E-state index contributed by atoms with van der Waals surface area (Å²) in [6, 6.07) is 20.5. The summed E-state index contributed by atoms with van der Waals surface area (Å²) in [4.78, 5) is 61.1. The number of benzene rings is 3. The lowest BCUT2D eigenvalue weighted by molar-refractivity contribution is -0.141. The molecule has 6 rings (SSSR count). The van der Waals surface area contributed by atoms with Crippen LogP contribution in [0.1, 0.15) is 58.3 Å². The molecule has 2 aliphatic heterocycles. The number of rotatable bonds is 8. The number of aryl methyl sites for hydroxylation is 2. The number of fused-ring (bicyclic) bond motifs is 1. The first-order valence-corrected chi connectivity index (χ1v) is 17.3. The molecule has 0 spiro atoms. The van der Waals surface area contributed by atoms with Gasteiger partial charge >= 0.3 is 12.1 Å². The predicted molar refractivity (Wildman–Crippen MR) is 191 cm³/mol. The summed E-state index contributed by atoms with van der Waals surface area (Å²) < 4.78 is 11.1. The van der Waals surface area contributed by atoms with Gasteiger partial charge in [-0.25, -0.2) is 9.59 Å². The van der Waals surface area contributed by atoms with Crippen molar-refractivity contribution in [2.75, 3.05) is 50.8 Å². The number of hydrogen-bond donors (Lipinski definition) is 2. The quantitative estimate of drug-likeness (QED) is 0.240. The highest BCUT2D eigenvalue weighted by Crippen LogP contribution is 2.29. The number of likely N-dealkylation sites (tertiary alicyclic amines) is 1. The molecule has 3 aromatic carbocycles.